The molecule has 1 aliphatic heterocycles. The highest BCUT2D eigenvalue weighted by atomic mass is 79.9. The minimum absolute atomic E-state index is 0. The first-order valence-corrected chi connectivity index (χ1v) is 15.1. The number of anilines is 2. The zero-order valence-corrected chi connectivity index (χ0v) is 26.3. The van der Waals surface area contributed by atoms with E-state index in [0.717, 1.165) is 36.5 Å². The Morgan fingerprint density at radius 3 is 2.33 bits per heavy atom. The third-order valence-electron chi connectivity index (χ3n) is 6.59. The fourth-order valence-electron chi connectivity index (χ4n) is 4.50. The number of amides is 2. The predicted octanol–water partition coefficient (Wildman–Crippen LogP) is 9.58. The number of rotatable bonds is 17. The zero-order valence-electron chi connectivity index (χ0n) is 23.8. The zero-order chi connectivity index (χ0) is 27.0. The average molecular weight is 621 g/mol. The highest BCUT2D eigenvalue weighted by Crippen LogP contribution is 2.30. The largest absolute Gasteiger partial charge is 0.497 e. The van der Waals surface area contributed by atoms with E-state index in [-0.39, 0.29) is 23.0 Å². The molecule has 8 heteroatoms. The Kier molecular flexibility index (Phi) is 15.9. The molecule has 0 bridgehead atoms. The van der Waals surface area contributed by atoms with E-state index in [1.807, 2.05) is 48.2 Å². The molecule has 1 aliphatic rings. The third-order valence-corrected chi connectivity index (χ3v) is 7.61. The number of hydrogen-bond acceptors (Lipinski definition) is 5. The number of nitrogens with zero attached hydrogens (tertiary/aromatic N) is 1. The van der Waals surface area contributed by atoms with Crippen molar-refractivity contribution in [2.75, 3.05) is 30.2 Å². The Morgan fingerprint density at radius 1 is 0.949 bits per heavy atom. The molecule has 1 heterocycles. The van der Waals surface area contributed by atoms with Gasteiger partial charge in [-0.2, -0.15) is 0 Å². The number of carbonyl (C=O) groups is 1. The van der Waals surface area contributed by atoms with Gasteiger partial charge in [0, 0.05) is 24.5 Å². The summed E-state index contributed by atoms with van der Waals surface area (Å²) >= 11 is 1.84. The number of nitrogens with one attached hydrogen (secondary N) is 2. The molecule has 6 nitrogen and oxygen atoms in total. The molecule has 0 saturated carbocycles. The maximum absolute atomic E-state index is 12.8. The van der Waals surface area contributed by atoms with Gasteiger partial charge in [-0.05, 0) is 48.1 Å². The first kappa shape index (κ1) is 32.9. The van der Waals surface area contributed by atoms with E-state index in [1.165, 1.54) is 56.3 Å². The minimum Gasteiger partial charge on any atom is -0.497 e. The third kappa shape index (κ3) is 12.6. The summed E-state index contributed by atoms with van der Waals surface area (Å²) in [7, 11) is 1.63. The number of carbonyl (C=O) groups excluding carboxylic acids is 1. The summed E-state index contributed by atoms with van der Waals surface area (Å²) in [4.78, 5) is 16.4. The number of unbranched alkanes of at least 4 members (excludes halogenated alkanes) is 9. The molecule has 0 aliphatic carbocycles. The summed E-state index contributed by atoms with van der Waals surface area (Å²) in [6.45, 7) is 5.82. The van der Waals surface area contributed by atoms with Crippen molar-refractivity contribution in [3.05, 3.63) is 59.1 Å². The van der Waals surface area contributed by atoms with Crippen LogP contribution in [0.4, 0.5) is 16.2 Å². The van der Waals surface area contributed by atoms with E-state index in [9.17, 15) is 4.79 Å². The Balaban J connectivity index is 0.00000533. The second-order valence-corrected chi connectivity index (χ2v) is 11.1. The number of hydrogen-bond donors (Lipinski definition) is 2. The molecule has 0 atom stereocenters. The maximum Gasteiger partial charge on any atom is 0.323 e. The Bertz CT molecular complexity index is 1030. The molecular formula is C31H46BrN3O3S. The van der Waals surface area contributed by atoms with Crippen molar-refractivity contribution >= 4 is 46.1 Å². The van der Waals surface area contributed by atoms with Crippen LogP contribution in [-0.4, -0.2) is 30.5 Å². The first-order chi connectivity index (χ1) is 18.6. The van der Waals surface area contributed by atoms with Gasteiger partial charge in [-0.3, -0.25) is 0 Å². The lowest BCUT2D eigenvalue weighted by molar-refractivity contribution is 0.261. The van der Waals surface area contributed by atoms with Crippen LogP contribution in [0.5, 0.6) is 11.5 Å². The van der Waals surface area contributed by atoms with Crippen LogP contribution in [0.15, 0.2) is 53.6 Å². The number of benzene rings is 2. The summed E-state index contributed by atoms with van der Waals surface area (Å²) < 4.78 is 11.4. The van der Waals surface area contributed by atoms with Crippen LogP contribution in [0.1, 0.15) is 83.6 Å². The smallest absolute Gasteiger partial charge is 0.323 e. The molecule has 2 aromatic rings. The molecule has 2 aromatic carbocycles. The van der Waals surface area contributed by atoms with Gasteiger partial charge in [0.2, 0.25) is 0 Å². The van der Waals surface area contributed by atoms with E-state index < -0.39 is 0 Å². The van der Waals surface area contributed by atoms with E-state index in [1.54, 1.807) is 7.11 Å². The monoisotopic (exact) mass is 619 g/mol. The SMILES string of the molecule is Br.CCCCCCCCCCCCOc1cc(OC)ccc1NC(=O)Nc1cccc(CN2C=C(C)SC2)c1. The molecule has 3 rings (SSSR count). The van der Waals surface area contributed by atoms with Crippen molar-refractivity contribution < 1.29 is 14.3 Å². The van der Waals surface area contributed by atoms with Crippen LogP contribution >= 0.6 is 28.7 Å². The van der Waals surface area contributed by atoms with Gasteiger partial charge in [0.05, 0.1) is 25.3 Å². The molecule has 0 saturated heterocycles. The van der Waals surface area contributed by atoms with Crippen molar-refractivity contribution in [3.63, 3.8) is 0 Å². The number of halogens is 1. The van der Waals surface area contributed by atoms with Gasteiger partial charge in [0.15, 0.2) is 0 Å². The molecule has 2 amide bonds. The number of urea groups is 1. The minimum atomic E-state index is -0.302. The Hall–Kier alpha value is -2.32. The lowest BCUT2D eigenvalue weighted by atomic mass is 10.1. The van der Waals surface area contributed by atoms with Gasteiger partial charge in [0.25, 0.3) is 0 Å². The quantitative estimate of drug-likeness (QED) is 0.173. The van der Waals surface area contributed by atoms with Gasteiger partial charge in [0.1, 0.15) is 11.5 Å². The standard InChI is InChI=1S/C31H45N3O3S.BrH/c1-4-5-6-7-8-9-10-11-12-13-19-37-30-21-28(36-3)17-18-29(30)33-31(35)32-27-16-14-15-26(20-27)23-34-22-25(2)38-24-34;/h14-18,20-22H,4-13,19,23-24H2,1-3H3,(H2,32,33,35);1H. The fourth-order valence-corrected chi connectivity index (χ4v) is 5.26. The highest BCUT2D eigenvalue weighted by Gasteiger charge is 2.12. The summed E-state index contributed by atoms with van der Waals surface area (Å²) in [5.74, 6) is 2.28. The lowest BCUT2D eigenvalue weighted by Gasteiger charge is -2.16. The number of thioether (sulfide) groups is 1. The second-order valence-electron chi connectivity index (χ2n) is 9.93. The first-order valence-electron chi connectivity index (χ1n) is 14.1. The van der Waals surface area contributed by atoms with Gasteiger partial charge in [-0.15, -0.1) is 28.7 Å². The molecule has 0 unspecified atom stereocenters. The molecular weight excluding hydrogens is 574 g/mol. The Morgan fingerprint density at radius 2 is 1.67 bits per heavy atom. The molecule has 39 heavy (non-hydrogen) atoms. The molecule has 0 fully saturated rings. The van der Waals surface area contributed by atoms with Crippen molar-refractivity contribution in [1.29, 1.82) is 0 Å². The average Bonchev–Trinajstić information content (AvgIpc) is 3.32. The molecule has 0 aromatic heterocycles. The van der Waals surface area contributed by atoms with E-state index in [2.05, 4.69) is 41.6 Å². The van der Waals surface area contributed by atoms with Gasteiger partial charge in [-0.25, -0.2) is 4.79 Å². The van der Waals surface area contributed by atoms with Crippen LogP contribution < -0.4 is 20.1 Å². The van der Waals surface area contributed by atoms with Crippen molar-refractivity contribution in [1.82, 2.24) is 4.90 Å². The normalized spacial score (nSPS) is 12.5. The molecule has 2 N–H and O–H groups in total. The van der Waals surface area contributed by atoms with Crippen molar-refractivity contribution in [3.8, 4) is 11.5 Å². The molecule has 216 valence electrons. The Labute approximate surface area is 250 Å². The van der Waals surface area contributed by atoms with Crippen LogP contribution in [-0.2, 0) is 6.54 Å². The van der Waals surface area contributed by atoms with Gasteiger partial charge < -0.3 is 25.0 Å². The summed E-state index contributed by atoms with van der Waals surface area (Å²) in [5, 5.41) is 5.90. The van der Waals surface area contributed by atoms with E-state index in [0.29, 0.717) is 23.8 Å². The lowest BCUT2D eigenvalue weighted by Crippen LogP contribution is -2.20. The number of methoxy groups -OCH3 is 1. The van der Waals surface area contributed by atoms with Crippen molar-refractivity contribution in [2.45, 2.75) is 84.6 Å². The van der Waals surface area contributed by atoms with Crippen LogP contribution in [0.2, 0.25) is 0 Å². The van der Waals surface area contributed by atoms with Crippen LogP contribution in [0.3, 0.4) is 0 Å². The van der Waals surface area contributed by atoms with Crippen molar-refractivity contribution in [2.24, 2.45) is 0 Å². The van der Waals surface area contributed by atoms with E-state index >= 15 is 0 Å². The number of ether oxygens (including phenoxy) is 2. The van der Waals surface area contributed by atoms with Gasteiger partial charge in [-0.1, -0.05) is 76.8 Å². The highest BCUT2D eigenvalue weighted by molar-refractivity contribution is 8.93. The maximum atomic E-state index is 12.8. The predicted molar refractivity (Wildman–Crippen MR) is 171 cm³/mol. The summed E-state index contributed by atoms with van der Waals surface area (Å²) in [6.07, 6.45) is 15.0. The molecule has 0 spiro atoms. The number of allylic oxidation sites excluding steroid dienone is 1. The van der Waals surface area contributed by atoms with Crippen LogP contribution in [0, 0.1) is 0 Å². The summed E-state index contributed by atoms with van der Waals surface area (Å²) in [5.41, 5.74) is 2.54. The van der Waals surface area contributed by atoms with E-state index in [4.69, 9.17) is 9.47 Å². The second kappa shape index (κ2) is 18.9. The summed E-state index contributed by atoms with van der Waals surface area (Å²) in [6, 6.07) is 13.1. The van der Waals surface area contributed by atoms with Gasteiger partial charge >= 0.3 is 6.03 Å². The fraction of sp³-hybridized carbons (Fsp3) is 0.516. The molecule has 0 radical (unpaired) electrons. The van der Waals surface area contributed by atoms with Crippen LogP contribution in [0.25, 0.3) is 0 Å². The topological polar surface area (TPSA) is 62.8 Å².